The van der Waals surface area contributed by atoms with Gasteiger partial charge in [-0.05, 0) is 42.0 Å². The van der Waals surface area contributed by atoms with Crippen LogP contribution in [0, 0.1) is 0 Å². The van der Waals surface area contributed by atoms with Gasteiger partial charge in [0, 0.05) is 55.2 Å². The van der Waals surface area contributed by atoms with Crippen LogP contribution in [0.5, 0.6) is 0 Å². The lowest BCUT2D eigenvalue weighted by Gasteiger charge is -2.38. The number of halogens is 1. The van der Waals surface area contributed by atoms with E-state index in [0.717, 1.165) is 22.3 Å². The first kappa shape index (κ1) is 22.0. The minimum atomic E-state index is -0.519. The third-order valence-electron chi connectivity index (χ3n) is 6.58. The van der Waals surface area contributed by atoms with Gasteiger partial charge in [-0.2, -0.15) is 0 Å². The predicted octanol–water partition coefficient (Wildman–Crippen LogP) is 1.78. The molecule has 33 heavy (non-hydrogen) atoms. The highest BCUT2D eigenvalue weighted by Gasteiger charge is 2.38. The molecule has 1 aromatic heterocycles. The minimum Gasteiger partial charge on any atom is -0.392 e. The Morgan fingerprint density at radius 1 is 1.03 bits per heavy atom. The molecule has 9 heteroatoms. The number of hydrogen-bond donors (Lipinski definition) is 2. The van der Waals surface area contributed by atoms with E-state index in [-0.39, 0.29) is 18.6 Å². The molecule has 0 saturated carbocycles. The lowest BCUT2D eigenvalue weighted by molar-refractivity contribution is 0.0376. The second-order valence-electron chi connectivity index (χ2n) is 8.58. The summed E-state index contributed by atoms with van der Waals surface area (Å²) in [7, 11) is 0. The number of rotatable bonds is 4. The Labute approximate surface area is 197 Å². The fraction of sp³-hybridized carbons (Fsp3) is 0.375. The number of benzene rings is 2. The molecule has 0 radical (unpaired) electrons. The molecule has 2 aromatic carbocycles. The number of β-amino-alcohol motifs (C(OH)–C–C–N with tert-alkyl or cyclic N) is 1. The standard InChI is InChI=1S/C24H26ClN5O3/c25-18-4-2-17(3-5-18)24(33)29-9-7-28(8-10-29)21-12-30(13-22(21)32)23-19-11-16(14-31)1-6-20(19)26-15-27-23/h1-6,11,15,21-22,31-32H,7-10,12-14H2/t21-,22-/m0/s1. The van der Waals surface area contributed by atoms with Crippen LogP contribution in [0.3, 0.4) is 0 Å². The molecule has 3 aromatic rings. The molecule has 2 fully saturated rings. The van der Waals surface area contributed by atoms with Crippen molar-refractivity contribution in [1.82, 2.24) is 19.8 Å². The van der Waals surface area contributed by atoms with Gasteiger partial charge in [0.25, 0.3) is 5.91 Å². The smallest absolute Gasteiger partial charge is 0.253 e. The second-order valence-corrected chi connectivity index (χ2v) is 9.02. The third kappa shape index (κ3) is 4.39. The number of piperazine rings is 1. The van der Waals surface area contributed by atoms with E-state index in [2.05, 4.69) is 19.8 Å². The second kappa shape index (κ2) is 9.23. The largest absolute Gasteiger partial charge is 0.392 e. The maximum absolute atomic E-state index is 12.8. The van der Waals surface area contributed by atoms with Crippen molar-refractivity contribution in [2.75, 3.05) is 44.2 Å². The number of aliphatic hydroxyl groups is 2. The summed E-state index contributed by atoms with van der Waals surface area (Å²) in [5, 5.41) is 21.9. The van der Waals surface area contributed by atoms with Crippen molar-refractivity contribution in [3.05, 3.63) is 64.9 Å². The Morgan fingerprint density at radius 2 is 1.79 bits per heavy atom. The molecule has 0 bridgehead atoms. The van der Waals surface area contributed by atoms with Gasteiger partial charge in [0.05, 0.1) is 24.3 Å². The van der Waals surface area contributed by atoms with E-state index in [9.17, 15) is 15.0 Å². The summed E-state index contributed by atoms with van der Waals surface area (Å²) in [4.78, 5) is 27.8. The van der Waals surface area contributed by atoms with Crippen molar-refractivity contribution in [2.45, 2.75) is 18.8 Å². The molecule has 5 rings (SSSR count). The molecule has 172 valence electrons. The molecule has 8 nitrogen and oxygen atoms in total. The number of carbonyl (C=O) groups is 1. The van der Waals surface area contributed by atoms with Crippen molar-refractivity contribution in [2.24, 2.45) is 0 Å². The van der Waals surface area contributed by atoms with Gasteiger partial charge in [0.2, 0.25) is 0 Å². The van der Waals surface area contributed by atoms with E-state index in [4.69, 9.17) is 11.6 Å². The number of carbonyl (C=O) groups excluding carboxylic acids is 1. The van der Waals surface area contributed by atoms with Crippen molar-refractivity contribution < 1.29 is 15.0 Å². The summed E-state index contributed by atoms with van der Waals surface area (Å²) < 4.78 is 0. The van der Waals surface area contributed by atoms with Gasteiger partial charge >= 0.3 is 0 Å². The summed E-state index contributed by atoms with van der Waals surface area (Å²) in [5.41, 5.74) is 2.25. The number of fused-ring (bicyclic) bond motifs is 1. The highest BCUT2D eigenvalue weighted by molar-refractivity contribution is 6.30. The van der Waals surface area contributed by atoms with Crippen LogP contribution in [0.1, 0.15) is 15.9 Å². The molecular weight excluding hydrogens is 442 g/mol. The lowest BCUT2D eigenvalue weighted by atomic mass is 10.1. The van der Waals surface area contributed by atoms with E-state index >= 15 is 0 Å². The first-order valence-corrected chi connectivity index (χ1v) is 11.5. The molecule has 1 amide bonds. The normalized spacial score (nSPS) is 21.7. The van der Waals surface area contributed by atoms with Crippen LogP contribution in [0.4, 0.5) is 5.82 Å². The average Bonchev–Trinajstić information content (AvgIpc) is 3.24. The van der Waals surface area contributed by atoms with Crippen LogP contribution in [-0.2, 0) is 6.61 Å². The Hall–Kier alpha value is -2.78. The van der Waals surface area contributed by atoms with E-state index in [1.54, 1.807) is 24.3 Å². The fourth-order valence-electron chi connectivity index (χ4n) is 4.77. The van der Waals surface area contributed by atoms with E-state index < -0.39 is 6.10 Å². The first-order valence-electron chi connectivity index (χ1n) is 11.1. The summed E-state index contributed by atoms with van der Waals surface area (Å²) in [6, 6.07) is 12.6. The number of amides is 1. The molecule has 2 saturated heterocycles. The summed E-state index contributed by atoms with van der Waals surface area (Å²) in [6.45, 7) is 3.70. The molecule has 2 aliphatic heterocycles. The van der Waals surface area contributed by atoms with E-state index in [0.29, 0.717) is 49.9 Å². The molecule has 2 N–H and O–H groups in total. The van der Waals surface area contributed by atoms with Gasteiger partial charge in [0.1, 0.15) is 12.1 Å². The van der Waals surface area contributed by atoms with Crippen LogP contribution in [-0.4, -0.2) is 87.3 Å². The summed E-state index contributed by atoms with van der Waals surface area (Å²) in [5.74, 6) is 0.778. The van der Waals surface area contributed by atoms with Crippen LogP contribution in [0.2, 0.25) is 5.02 Å². The Morgan fingerprint density at radius 3 is 2.52 bits per heavy atom. The fourth-order valence-corrected chi connectivity index (χ4v) is 4.90. The number of aliphatic hydroxyl groups excluding tert-OH is 2. The highest BCUT2D eigenvalue weighted by atomic mass is 35.5. The monoisotopic (exact) mass is 467 g/mol. The molecule has 2 aliphatic rings. The van der Waals surface area contributed by atoms with Crippen LogP contribution in [0.15, 0.2) is 48.8 Å². The lowest BCUT2D eigenvalue weighted by Crippen LogP contribution is -2.54. The van der Waals surface area contributed by atoms with Gasteiger partial charge in [-0.25, -0.2) is 9.97 Å². The Bertz CT molecular complexity index is 1150. The van der Waals surface area contributed by atoms with Crippen LogP contribution in [0.25, 0.3) is 10.9 Å². The van der Waals surface area contributed by atoms with Gasteiger partial charge in [-0.1, -0.05) is 17.7 Å². The van der Waals surface area contributed by atoms with Gasteiger partial charge in [-0.3, -0.25) is 9.69 Å². The van der Waals surface area contributed by atoms with Crippen molar-refractivity contribution in [3.8, 4) is 0 Å². The van der Waals surface area contributed by atoms with Gasteiger partial charge in [0.15, 0.2) is 0 Å². The Balaban J connectivity index is 1.26. The quantitative estimate of drug-likeness (QED) is 0.604. The van der Waals surface area contributed by atoms with Crippen LogP contribution >= 0.6 is 11.6 Å². The zero-order chi connectivity index (χ0) is 22.9. The summed E-state index contributed by atoms with van der Waals surface area (Å²) in [6.07, 6.45) is 1.02. The summed E-state index contributed by atoms with van der Waals surface area (Å²) >= 11 is 5.93. The minimum absolute atomic E-state index is 0.00653. The topological polar surface area (TPSA) is 93.0 Å². The predicted molar refractivity (Wildman–Crippen MR) is 126 cm³/mol. The van der Waals surface area contributed by atoms with Crippen molar-refractivity contribution in [1.29, 1.82) is 0 Å². The maximum atomic E-state index is 12.8. The maximum Gasteiger partial charge on any atom is 0.253 e. The molecule has 0 aliphatic carbocycles. The van der Waals surface area contributed by atoms with Crippen molar-refractivity contribution in [3.63, 3.8) is 0 Å². The van der Waals surface area contributed by atoms with Crippen molar-refractivity contribution >= 4 is 34.2 Å². The number of aromatic nitrogens is 2. The zero-order valence-electron chi connectivity index (χ0n) is 18.1. The average molecular weight is 468 g/mol. The third-order valence-corrected chi connectivity index (χ3v) is 6.83. The highest BCUT2D eigenvalue weighted by Crippen LogP contribution is 2.29. The van der Waals surface area contributed by atoms with E-state index in [1.165, 1.54) is 6.33 Å². The molecule has 2 atom stereocenters. The number of hydrogen-bond acceptors (Lipinski definition) is 7. The number of nitrogens with zero attached hydrogens (tertiary/aromatic N) is 5. The first-order chi connectivity index (χ1) is 16.0. The van der Waals surface area contributed by atoms with E-state index in [1.807, 2.05) is 23.1 Å². The number of anilines is 1. The van der Waals surface area contributed by atoms with Gasteiger partial charge < -0.3 is 20.0 Å². The van der Waals surface area contributed by atoms with Crippen LogP contribution < -0.4 is 4.90 Å². The molecule has 0 spiro atoms. The Kier molecular flexibility index (Phi) is 6.16. The molecule has 0 unspecified atom stereocenters. The SMILES string of the molecule is O=C(c1ccc(Cl)cc1)N1CCN([C@H]2CN(c3ncnc4ccc(CO)cc34)C[C@@H]2O)CC1. The molecular formula is C24H26ClN5O3. The zero-order valence-corrected chi connectivity index (χ0v) is 18.9. The van der Waals surface area contributed by atoms with Gasteiger partial charge in [-0.15, -0.1) is 0 Å². The molecule has 3 heterocycles.